The molecule has 12 rings (SSSR count). The van der Waals surface area contributed by atoms with Gasteiger partial charge in [-0.2, -0.15) is 0 Å². The van der Waals surface area contributed by atoms with E-state index in [0.29, 0.717) is 0 Å². The molecule has 0 unspecified atom stereocenters. The van der Waals surface area contributed by atoms with Crippen molar-refractivity contribution in [3.8, 4) is 50.2 Å². The quantitative estimate of drug-likeness (QED) is 0.163. The van der Waals surface area contributed by atoms with E-state index >= 15 is 0 Å². The monoisotopic (exact) mass is 794 g/mol. The van der Waals surface area contributed by atoms with E-state index in [2.05, 4.69) is 243 Å². The predicted molar refractivity (Wildman–Crippen MR) is 261 cm³/mol. The molecule has 9 aromatic carbocycles. The van der Waals surface area contributed by atoms with E-state index in [1.165, 1.54) is 94.3 Å². The van der Waals surface area contributed by atoms with Crippen LogP contribution in [0, 0.1) is 0 Å². The van der Waals surface area contributed by atoms with Crippen LogP contribution in [0.1, 0.15) is 49.9 Å². The Labute approximate surface area is 364 Å². The number of nitrogens with zero attached hydrogens (tertiary/aromatic N) is 2. The van der Waals surface area contributed by atoms with Crippen molar-refractivity contribution in [2.75, 3.05) is 4.90 Å². The molecule has 2 nitrogen and oxygen atoms in total. The number of benzene rings is 9. The molecule has 0 radical (unpaired) electrons. The Morgan fingerprint density at radius 2 is 0.855 bits per heavy atom. The third-order valence-corrected chi connectivity index (χ3v) is 14.0. The molecule has 0 saturated carbocycles. The lowest BCUT2D eigenvalue weighted by molar-refractivity contribution is 0.660. The van der Waals surface area contributed by atoms with Crippen LogP contribution < -0.4 is 4.90 Å². The zero-order valence-electron chi connectivity index (χ0n) is 35.5. The van der Waals surface area contributed by atoms with Crippen LogP contribution in [-0.4, -0.2) is 4.57 Å². The van der Waals surface area contributed by atoms with Crippen molar-refractivity contribution in [3.05, 3.63) is 229 Å². The first-order chi connectivity index (χ1) is 30.3. The normalized spacial score (nSPS) is 14.1. The average molecular weight is 795 g/mol. The number of hydrogen-bond acceptors (Lipinski definition) is 1. The third-order valence-electron chi connectivity index (χ3n) is 14.0. The van der Waals surface area contributed by atoms with E-state index in [1.807, 2.05) is 0 Å². The zero-order valence-corrected chi connectivity index (χ0v) is 35.5. The third kappa shape index (κ3) is 5.29. The first-order valence-corrected chi connectivity index (χ1v) is 21.9. The maximum absolute atomic E-state index is 2.50. The largest absolute Gasteiger partial charge is 0.310 e. The lowest BCUT2D eigenvalue weighted by Gasteiger charge is -2.31. The maximum Gasteiger partial charge on any atom is 0.0541 e. The van der Waals surface area contributed by atoms with Gasteiger partial charge in [0.2, 0.25) is 0 Å². The van der Waals surface area contributed by atoms with Crippen molar-refractivity contribution < 1.29 is 0 Å². The van der Waals surface area contributed by atoms with Crippen LogP contribution in [0.2, 0.25) is 0 Å². The van der Waals surface area contributed by atoms with E-state index in [-0.39, 0.29) is 10.8 Å². The van der Waals surface area contributed by atoms with Crippen molar-refractivity contribution in [1.29, 1.82) is 0 Å². The van der Waals surface area contributed by atoms with Gasteiger partial charge in [0.15, 0.2) is 0 Å². The summed E-state index contributed by atoms with van der Waals surface area (Å²) in [7, 11) is 0. The fraction of sp³-hybridized carbons (Fsp3) is 0.100. The second kappa shape index (κ2) is 13.5. The summed E-state index contributed by atoms with van der Waals surface area (Å²) in [6, 6.07) is 76.5. The number of anilines is 3. The van der Waals surface area contributed by atoms with Gasteiger partial charge in [0.1, 0.15) is 0 Å². The van der Waals surface area contributed by atoms with E-state index < -0.39 is 0 Å². The van der Waals surface area contributed by atoms with Crippen molar-refractivity contribution in [2.45, 2.75) is 38.5 Å². The average Bonchev–Trinajstić information content (AvgIpc) is 3.86. The lowest BCUT2D eigenvalue weighted by Crippen LogP contribution is -2.18. The van der Waals surface area contributed by atoms with Gasteiger partial charge < -0.3 is 9.47 Å². The molecule has 2 aliphatic carbocycles. The Hall–Kier alpha value is -7.42. The number of hydrogen-bond donors (Lipinski definition) is 0. The molecular weight excluding hydrogens is 749 g/mol. The van der Waals surface area contributed by atoms with Gasteiger partial charge in [0.25, 0.3) is 0 Å². The molecule has 1 aromatic heterocycles. The van der Waals surface area contributed by atoms with Gasteiger partial charge in [-0.25, -0.2) is 0 Å². The molecule has 1 heterocycles. The van der Waals surface area contributed by atoms with Gasteiger partial charge in [-0.3, -0.25) is 0 Å². The summed E-state index contributed by atoms with van der Waals surface area (Å²) in [6.45, 7) is 9.53. The molecule has 0 saturated heterocycles. The van der Waals surface area contributed by atoms with Crippen molar-refractivity contribution >= 4 is 38.9 Å². The molecule has 2 aliphatic rings. The Kier molecular flexibility index (Phi) is 7.96. The Morgan fingerprint density at radius 1 is 0.355 bits per heavy atom. The van der Waals surface area contributed by atoms with E-state index in [0.717, 1.165) is 17.1 Å². The predicted octanol–water partition coefficient (Wildman–Crippen LogP) is 16.2. The molecule has 0 N–H and O–H groups in total. The van der Waals surface area contributed by atoms with Crippen molar-refractivity contribution in [2.24, 2.45) is 0 Å². The van der Waals surface area contributed by atoms with Gasteiger partial charge >= 0.3 is 0 Å². The van der Waals surface area contributed by atoms with Crippen LogP contribution in [0.3, 0.4) is 0 Å². The van der Waals surface area contributed by atoms with Crippen LogP contribution in [0.4, 0.5) is 17.1 Å². The fourth-order valence-electron chi connectivity index (χ4n) is 10.9. The van der Waals surface area contributed by atoms with Gasteiger partial charge in [0, 0.05) is 44.2 Å². The summed E-state index contributed by atoms with van der Waals surface area (Å²) < 4.78 is 2.40. The molecule has 0 atom stereocenters. The number of fused-ring (bicyclic) bond motifs is 9. The minimum Gasteiger partial charge on any atom is -0.310 e. The first kappa shape index (κ1) is 36.4. The minimum absolute atomic E-state index is 0.119. The summed E-state index contributed by atoms with van der Waals surface area (Å²) in [5, 5.41) is 2.55. The molecule has 0 bridgehead atoms. The van der Waals surface area contributed by atoms with E-state index in [4.69, 9.17) is 0 Å². The van der Waals surface area contributed by atoms with Crippen molar-refractivity contribution in [3.63, 3.8) is 0 Å². The van der Waals surface area contributed by atoms with E-state index in [9.17, 15) is 0 Å². The fourth-order valence-corrected chi connectivity index (χ4v) is 10.9. The van der Waals surface area contributed by atoms with Crippen LogP contribution in [0.15, 0.2) is 206 Å². The van der Waals surface area contributed by atoms with Crippen LogP contribution in [0.5, 0.6) is 0 Å². The van der Waals surface area contributed by atoms with Gasteiger partial charge in [-0.15, -0.1) is 0 Å². The highest BCUT2D eigenvalue weighted by molar-refractivity contribution is 6.09. The molecule has 10 aromatic rings. The van der Waals surface area contributed by atoms with Crippen LogP contribution in [-0.2, 0) is 10.8 Å². The van der Waals surface area contributed by atoms with Gasteiger partial charge in [-0.05, 0) is 116 Å². The topological polar surface area (TPSA) is 8.17 Å². The highest BCUT2D eigenvalue weighted by Gasteiger charge is 2.39. The molecule has 0 fully saturated rings. The molecule has 296 valence electrons. The highest BCUT2D eigenvalue weighted by atomic mass is 15.1. The Morgan fingerprint density at radius 3 is 1.56 bits per heavy atom. The Balaban J connectivity index is 0.999. The first-order valence-electron chi connectivity index (χ1n) is 21.9. The lowest BCUT2D eigenvalue weighted by atomic mass is 9.81. The minimum atomic E-state index is -0.216. The molecule has 0 amide bonds. The standard InChI is InChI=1S/C60H46N2/c1-59(2)51-24-12-8-20-46(51)47-35-33-42(37-53(47)59)61(55-26-13-9-19-44(55)39-17-6-5-7-18-39)43-34-36-50-54(38-43)60(3,4)52-25-16-23-45(58(50)52)40-29-31-41(32-30-40)62-56-27-14-10-21-48(56)49-22-11-15-28-57(49)62/h5-38H,1-4H3. The molecule has 62 heavy (non-hydrogen) atoms. The maximum atomic E-state index is 2.50. The zero-order chi connectivity index (χ0) is 41.7. The second-order valence-electron chi connectivity index (χ2n) is 18.1. The molecule has 2 heteroatoms. The van der Waals surface area contributed by atoms with Gasteiger partial charge in [-0.1, -0.05) is 179 Å². The number of rotatable bonds is 6. The highest BCUT2D eigenvalue weighted by Crippen LogP contribution is 2.55. The summed E-state index contributed by atoms with van der Waals surface area (Å²) in [5.74, 6) is 0. The van der Waals surface area contributed by atoms with E-state index in [1.54, 1.807) is 0 Å². The summed E-state index contributed by atoms with van der Waals surface area (Å²) >= 11 is 0. The molecule has 0 spiro atoms. The summed E-state index contributed by atoms with van der Waals surface area (Å²) in [5.41, 5.74) is 22.4. The second-order valence-corrected chi connectivity index (χ2v) is 18.1. The molecule has 0 aliphatic heterocycles. The van der Waals surface area contributed by atoms with Gasteiger partial charge in [0.05, 0.1) is 16.7 Å². The smallest absolute Gasteiger partial charge is 0.0541 e. The summed E-state index contributed by atoms with van der Waals surface area (Å²) in [4.78, 5) is 2.50. The summed E-state index contributed by atoms with van der Waals surface area (Å²) in [6.07, 6.45) is 0. The SMILES string of the molecule is CC1(C)c2ccccc2-c2ccc(N(c3ccc4c(c3)C(C)(C)c3cccc(-c5ccc(-n6c7ccccc7c7ccccc76)cc5)c3-4)c3ccccc3-c3ccccc3)cc21. The van der Waals surface area contributed by atoms with Crippen molar-refractivity contribution in [1.82, 2.24) is 4.57 Å². The van der Waals surface area contributed by atoms with Crippen LogP contribution >= 0.6 is 0 Å². The molecular formula is C60H46N2. The number of aromatic nitrogens is 1. The number of para-hydroxylation sites is 3. The Bertz CT molecular complexity index is 3350. The van der Waals surface area contributed by atoms with Crippen LogP contribution in [0.25, 0.3) is 72.0 Å².